The third-order valence-corrected chi connectivity index (χ3v) is 3.86. The van der Waals surface area contributed by atoms with Crippen LogP contribution in [0.2, 0.25) is 0 Å². The molecule has 1 aromatic carbocycles. The summed E-state index contributed by atoms with van der Waals surface area (Å²) in [5, 5.41) is 0. The fourth-order valence-electron chi connectivity index (χ4n) is 2.33. The van der Waals surface area contributed by atoms with E-state index in [1.807, 2.05) is 0 Å². The van der Waals surface area contributed by atoms with E-state index in [0.717, 1.165) is 4.47 Å². The molecule has 0 atom stereocenters. The average Bonchev–Trinajstić information content (AvgIpc) is 2.53. The molecule has 0 fully saturated rings. The Balaban J connectivity index is 2.02. The summed E-state index contributed by atoms with van der Waals surface area (Å²) in [5.74, 6) is 0.386. The molecule has 2 heterocycles. The van der Waals surface area contributed by atoms with Crippen molar-refractivity contribution >= 4 is 33.3 Å². The number of pyridine rings is 1. The largest absolute Gasteiger partial charge is 0.490 e. The van der Waals surface area contributed by atoms with E-state index < -0.39 is 0 Å². The minimum atomic E-state index is -0.168. The third kappa shape index (κ3) is 2.74. The van der Waals surface area contributed by atoms with Crippen molar-refractivity contribution in [3.05, 3.63) is 52.3 Å². The second kappa shape index (κ2) is 5.88. The molecule has 3 rings (SSSR count). The van der Waals surface area contributed by atoms with E-state index in [-0.39, 0.29) is 11.7 Å². The maximum absolute atomic E-state index is 12.7. The van der Waals surface area contributed by atoms with Gasteiger partial charge in [0.2, 0.25) is 0 Å². The van der Waals surface area contributed by atoms with E-state index >= 15 is 0 Å². The molecule has 0 N–H and O–H groups in total. The van der Waals surface area contributed by atoms with Gasteiger partial charge in [-0.05, 0) is 47.1 Å². The summed E-state index contributed by atoms with van der Waals surface area (Å²) in [7, 11) is 0. The molecule has 1 aliphatic rings. The van der Waals surface area contributed by atoms with Gasteiger partial charge in [0.1, 0.15) is 12.4 Å². The lowest BCUT2D eigenvalue weighted by Gasteiger charge is -2.29. The predicted octanol–water partition coefficient (Wildman–Crippen LogP) is 3.09. The number of ether oxygens (including phenoxy) is 1. The summed E-state index contributed by atoms with van der Waals surface area (Å²) in [6.07, 6.45) is 3.15. The minimum Gasteiger partial charge on any atom is -0.490 e. The number of ketones is 1. The van der Waals surface area contributed by atoms with E-state index in [4.69, 9.17) is 4.74 Å². The van der Waals surface area contributed by atoms with Crippen molar-refractivity contribution in [3.8, 4) is 5.75 Å². The van der Waals surface area contributed by atoms with E-state index in [0.29, 0.717) is 35.7 Å². The molecule has 6 heteroatoms. The topological polar surface area (TPSA) is 59.5 Å². The molecule has 112 valence electrons. The molecule has 1 aromatic heterocycles. The van der Waals surface area contributed by atoms with Crippen molar-refractivity contribution in [2.45, 2.75) is 6.92 Å². The Morgan fingerprint density at radius 2 is 2.05 bits per heavy atom. The van der Waals surface area contributed by atoms with E-state index in [2.05, 4.69) is 20.9 Å². The molecule has 0 saturated heterocycles. The lowest BCUT2D eigenvalue weighted by atomic mass is 10.1. The number of benzene rings is 1. The number of halogens is 1. The zero-order valence-corrected chi connectivity index (χ0v) is 13.5. The Morgan fingerprint density at radius 3 is 2.77 bits per heavy atom. The fourth-order valence-corrected chi connectivity index (χ4v) is 2.70. The minimum absolute atomic E-state index is 0.0510. The van der Waals surface area contributed by atoms with Crippen molar-refractivity contribution in [1.29, 1.82) is 0 Å². The van der Waals surface area contributed by atoms with Gasteiger partial charge in [-0.15, -0.1) is 0 Å². The van der Waals surface area contributed by atoms with E-state index in [9.17, 15) is 9.59 Å². The van der Waals surface area contributed by atoms with Crippen LogP contribution in [0.5, 0.6) is 5.75 Å². The number of Topliss-reactive ketones (excluding diaryl/α,β-unsaturated/α-hetero) is 1. The molecular weight excluding hydrogens is 348 g/mol. The zero-order chi connectivity index (χ0) is 15.7. The monoisotopic (exact) mass is 360 g/mol. The number of fused-ring (bicyclic) bond motifs is 1. The van der Waals surface area contributed by atoms with Crippen molar-refractivity contribution in [3.63, 3.8) is 0 Å². The standard InChI is InChI=1S/C16H13BrN2O3/c1-10(20)11-2-3-15-14(7-11)19(4-5-22-15)16(21)12-6-13(17)9-18-8-12/h2-3,6-9H,4-5H2,1H3. The lowest BCUT2D eigenvalue weighted by Crippen LogP contribution is -2.38. The molecule has 0 unspecified atom stereocenters. The van der Waals surface area contributed by atoms with Crippen LogP contribution < -0.4 is 9.64 Å². The Labute approximate surface area is 136 Å². The second-order valence-electron chi connectivity index (χ2n) is 4.94. The number of aromatic nitrogens is 1. The summed E-state index contributed by atoms with van der Waals surface area (Å²) >= 11 is 3.31. The van der Waals surface area contributed by atoms with Crippen LogP contribution in [0.4, 0.5) is 5.69 Å². The summed E-state index contributed by atoms with van der Waals surface area (Å²) in [6, 6.07) is 6.85. The lowest BCUT2D eigenvalue weighted by molar-refractivity contribution is 0.0972. The molecule has 0 aliphatic carbocycles. The predicted molar refractivity (Wildman–Crippen MR) is 85.6 cm³/mol. The van der Waals surface area contributed by atoms with Crippen molar-refractivity contribution in [2.75, 3.05) is 18.1 Å². The highest BCUT2D eigenvalue weighted by atomic mass is 79.9. The average molecular weight is 361 g/mol. The van der Waals surface area contributed by atoms with Crippen LogP contribution in [-0.4, -0.2) is 29.8 Å². The number of anilines is 1. The van der Waals surface area contributed by atoms with Crippen LogP contribution in [-0.2, 0) is 0 Å². The first kappa shape index (κ1) is 14.7. The van der Waals surface area contributed by atoms with E-state index in [1.54, 1.807) is 35.4 Å². The molecule has 0 spiro atoms. The SMILES string of the molecule is CC(=O)c1ccc2c(c1)N(C(=O)c1cncc(Br)c1)CCO2. The summed E-state index contributed by atoms with van der Waals surface area (Å²) in [6.45, 7) is 2.34. The van der Waals surface area contributed by atoms with Gasteiger partial charge in [0.05, 0.1) is 17.8 Å². The second-order valence-corrected chi connectivity index (χ2v) is 5.85. The van der Waals surface area contributed by atoms with Gasteiger partial charge in [0, 0.05) is 22.4 Å². The Hall–Kier alpha value is -2.21. The van der Waals surface area contributed by atoms with Gasteiger partial charge in [0.25, 0.3) is 5.91 Å². The summed E-state index contributed by atoms with van der Waals surface area (Å²) in [4.78, 5) is 29.9. The molecule has 1 amide bonds. The number of carbonyl (C=O) groups is 2. The first-order valence-corrected chi connectivity index (χ1v) is 7.56. The maximum Gasteiger partial charge on any atom is 0.260 e. The van der Waals surface area contributed by atoms with Crippen LogP contribution in [0.1, 0.15) is 27.6 Å². The van der Waals surface area contributed by atoms with Gasteiger partial charge >= 0.3 is 0 Å². The molecule has 0 saturated carbocycles. The Bertz CT molecular complexity index is 761. The maximum atomic E-state index is 12.7. The van der Waals surface area contributed by atoms with Gasteiger partial charge in [-0.25, -0.2) is 0 Å². The number of amides is 1. The van der Waals surface area contributed by atoms with Gasteiger partial charge in [-0.2, -0.15) is 0 Å². The van der Waals surface area contributed by atoms with Crippen LogP contribution in [0.25, 0.3) is 0 Å². The Kier molecular flexibility index (Phi) is 3.94. The Morgan fingerprint density at radius 1 is 1.23 bits per heavy atom. The van der Waals surface area contributed by atoms with Gasteiger partial charge in [0.15, 0.2) is 5.78 Å². The first-order valence-electron chi connectivity index (χ1n) is 6.76. The van der Waals surface area contributed by atoms with Crippen LogP contribution in [0.15, 0.2) is 41.1 Å². The number of carbonyl (C=O) groups excluding carboxylic acids is 2. The number of hydrogen-bond donors (Lipinski definition) is 0. The van der Waals surface area contributed by atoms with Gasteiger partial charge < -0.3 is 9.64 Å². The highest BCUT2D eigenvalue weighted by molar-refractivity contribution is 9.10. The highest BCUT2D eigenvalue weighted by Crippen LogP contribution is 2.33. The zero-order valence-electron chi connectivity index (χ0n) is 11.9. The third-order valence-electron chi connectivity index (χ3n) is 3.43. The summed E-state index contributed by atoms with van der Waals surface area (Å²) < 4.78 is 6.31. The molecule has 5 nitrogen and oxygen atoms in total. The van der Waals surface area contributed by atoms with E-state index in [1.165, 1.54) is 13.1 Å². The molecule has 0 radical (unpaired) electrons. The van der Waals surface area contributed by atoms with Crippen molar-refractivity contribution < 1.29 is 14.3 Å². The fraction of sp³-hybridized carbons (Fsp3) is 0.188. The number of rotatable bonds is 2. The number of hydrogen-bond acceptors (Lipinski definition) is 4. The first-order chi connectivity index (χ1) is 10.6. The normalized spacial score (nSPS) is 13.3. The molecule has 0 bridgehead atoms. The molecule has 1 aliphatic heterocycles. The number of nitrogens with zero attached hydrogens (tertiary/aromatic N) is 2. The van der Waals surface area contributed by atoms with Gasteiger partial charge in [-0.3, -0.25) is 14.6 Å². The highest BCUT2D eigenvalue weighted by Gasteiger charge is 2.25. The van der Waals surface area contributed by atoms with Crippen LogP contribution >= 0.6 is 15.9 Å². The van der Waals surface area contributed by atoms with Crippen LogP contribution in [0.3, 0.4) is 0 Å². The smallest absolute Gasteiger partial charge is 0.260 e. The van der Waals surface area contributed by atoms with Crippen LogP contribution in [0, 0.1) is 0 Å². The summed E-state index contributed by atoms with van der Waals surface area (Å²) in [5.41, 5.74) is 1.65. The molecular formula is C16H13BrN2O3. The molecule has 22 heavy (non-hydrogen) atoms. The van der Waals surface area contributed by atoms with Crippen molar-refractivity contribution in [2.24, 2.45) is 0 Å². The van der Waals surface area contributed by atoms with Crippen molar-refractivity contribution in [1.82, 2.24) is 4.98 Å². The molecule has 2 aromatic rings. The quantitative estimate of drug-likeness (QED) is 0.772. The van der Waals surface area contributed by atoms with Gasteiger partial charge in [-0.1, -0.05) is 0 Å².